The van der Waals surface area contributed by atoms with Crippen molar-refractivity contribution in [3.63, 3.8) is 0 Å². The Morgan fingerprint density at radius 1 is 0.906 bits per heavy atom. The third kappa shape index (κ3) is 3.23. The van der Waals surface area contributed by atoms with Crippen LogP contribution in [-0.4, -0.2) is 23.6 Å². The molecule has 5 heteroatoms. The average molecular weight is 441 g/mol. The van der Waals surface area contributed by atoms with Gasteiger partial charge in [0.15, 0.2) is 0 Å². The molecule has 2 bridgehead atoms. The second-order valence-electron chi connectivity index (χ2n) is 8.88. The van der Waals surface area contributed by atoms with Crippen LogP contribution >= 0.6 is 11.8 Å². The van der Waals surface area contributed by atoms with E-state index in [1.54, 1.807) is 0 Å². The van der Waals surface area contributed by atoms with E-state index in [0.29, 0.717) is 24.3 Å². The predicted octanol–water partition coefficient (Wildman–Crippen LogP) is 4.90. The van der Waals surface area contributed by atoms with Crippen molar-refractivity contribution in [2.75, 3.05) is 11.9 Å². The van der Waals surface area contributed by atoms with Gasteiger partial charge in [-0.25, -0.2) is 0 Å². The fourth-order valence-corrected chi connectivity index (χ4v) is 6.78. The number of fused-ring (bicyclic) bond motifs is 2. The Morgan fingerprint density at radius 3 is 2.25 bits per heavy atom. The lowest BCUT2D eigenvalue weighted by atomic mass is 9.59. The van der Waals surface area contributed by atoms with Crippen LogP contribution in [0.3, 0.4) is 0 Å². The average Bonchev–Trinajstić information content (AvgIpc) is 2.83. The van der Waals surface area contributed by atoms with Gasteiger partial charge >= 0.3 is 0 Å². The molecule has 0 fully saturated rings. The fraction of sp³-hybridized carbons (Fsp3) is 0.259. The van der Waals surface area contributed by atoms with Crippen LogP contribution in [0, 0.1) is 5.92 Å². The standard InChI is InChI=1S/C27H24N2O2S/c30-25(14-24-27(31)29-22-11-5-6-12-23(22)32-24)28-15-16-13-21-17-7-1-3-9-19(17)26(16)20-10-4-2-8-18(20)21/h1-12,16,21,24,26H,13-15H2,(H,28,30)(H,29,31)/t16-,21?,24-,26?/m1/s1. The van der Waals surface area contributed by atoms with Crippen molar-refractivity contribution in [2.45, 2.75) is 34.8 Å². The van der Waals surface area contributed by atoms with Gasteiger partial charge in [-0.1, -0.05) is 60.7 Å². The number of anilines is 1. The molecular weight excluding hydrogens is 416 g/mol. The summed E-state index contributed by atoms with van der Waals surface area (Å²) in [7, 11) is 0. The minimum Gasteiger partial charge on any atom is -0.356 e. The summed E-state index contributed by atoms with van der Waals surface area (Å²) in [5.41, 5.74) is 6.51. The van der Waals surface area contributed by atoms with E-state index < -0.39 is 5.25 Å². The number of carbonyl (C=O) groups is 2. The van der Waals surface area contributed by atoms with Crippen molar-refractivity contribution < 1.29 is 9.59 Å². The molecule has 4 aliphatic rings. The molecule has 0 aromatic heterocycles. The molecule has 2 amide bonds. The fourth-order valence-electron chi connectivity index (χ4n) is 5.67. The zero-order valence-electron chi connectivity index (χ0n) is 17.6. The molecule has 3 aromatic rings. The monoisotopic (exact) mass is 440 g/mol. The van der Waals surface area contributed by atoms with Gasteiger partial charge in [0, 0.05) is 29.7 Å². The lowest BCUT2D eigenvalue weighted by Crippen LogP contribution is -2.41. The van der Waals surface area contributed by atoms with E-state index in [0.717, 1.165) is 17.0 Å². The van der Waals surface area contributed by atoms with Gasteiger partial charge in [0.2, 0.25) is 11.8 Å². The number of carbonyl (C=O) groups excluding carboxylic acids is 2. The van der Waals surface area contributed by atoms with Crippen molar-refractivity contribution in [2.24, 2.45) is 5.92 Å². The molecule has 0 saturated carbocycles. The summed E-state index contributed by atoms with van der Waals surface area (Å²) >= 11 is 1.48. The molecule has 0 saturated heterocycles. The second kappa shape index (κ2) is 7.82. The Kier molecular flexibility index (Phi) is 4.80. The van der Waals surface area contributed by atoms with Gasteiger partial charge in [-0.2, -0.15) is 0 Å². The third-order valence-electron chi connectivity index (χ3n) is 7.06. The van der Waals surface area contributed by atoms with Gasteiger partial charge in [-0.3, -0.25) is 9.59 Å². The van der Waals surface area contributed by atoms with Crippen LogP contribution in [-0.2, 0) is 9.59 Å². The number of rotatable bonds is 4. The van der Waals surface area contributed by atoms with Crippen LogP contribution < -0.4 is 10.6 Å². The van der Waals surface area contributed by atoms with E-state index in [1.807, 2.05) is 24.3 Å². The van der Waals surface area contributed by atoms with Crippen molar-refractivity contribution >= 4 is 29.3 Å². The van der Waals surface area contributed by atoms with Crippen molar-refractivity contribution in [1.82, 2.24) is 5.32 Å². The molecule has 0 spiro atoms. The molecule has 1 aliphatic heterocycles. The maximum Gasteiger partial charge on any atom is 0.238 e. The third-order valence-corrected chi connectivity index (χ3v) is 8.34. The lowest BCUT2D eigenvalue weighted by molar-refractivity contribution is -0.124. The van der Waals surface area contributed by atoms with E-state index in [4.69, 9.17) is 0 Å². The summed E-state index contributed by atoms with van der Waals surface area (Å²) in [5, 5.41) is 5.69. The van der Waals surface area contributed by atoms with Crippen LogP contribution in [0.4, 0.5) is 5.69 Å². The Hall–Kier alpha value is -3.05. The Morgan fingerprint density at radius 2 is 1.53 bits per heavy atom. The molecule has 32 heavy (non-hydrogen) atoms. The number of para-hydroxylation sites is 1. The topological polar surface area (TPSA) is 58.2 Å². The number of thioether (sulfide) groups is 1. The van der Waals surface area contributed by atoms with Crippen LogP contribution in [0.15, 0.2) is 77.7 Å². The lowest BCUT2D eigenvalue weighted by Gasteiger charge is -2.45. The Balaban J connectivity index is 1.16. The molecule has 0 unspecified atom stereocenters. The predicted molar refractivity (Wildman–Crippen MR) is 127 cm³/mol. The molecule has 3 aliphatic carbocycles. The molecule has 0 radical (unpaired) electrons. The number of nitrogens with one attached hydrogen (secondary N) is 2. The second-order valence-corrected chi connectivity index (χ2v) is 10.1. The first-order valence-electron chi connectivity index (χ1n) is 11.2. The molecule has 7 rings (SSSR count). The zero-order chi connectivity index (χ0) is 21.7. The number of benzene rings is 3. The van der Waals surface area contributed by atoms with Crippen LogP contribution in [0.25, 0.3) is 0 Å². The highest BCUT2D eigenvalue weighted by Crippen LogP contribution is 2.55. The van der Waals surface area contributed by atoms with Crippen molar-refractivity contribution in [1.29, 1.82) is 0 Å². The van der Waals surface area contributed by atoms with Gasteiger partial charge in [0.05, 0.1) is 10.9 Å². The zero-order valence-corrected chi connectivity index (χ0v) is 18.4. The summed E-state index contributed by atoms with van der Waals surface area (Å²) in [6, 6.07) is 25.2. The van der Waals surface area contributed by atoms with E-state index in [9.17, 15) is 9.59 Å². The summed E-state index contributed by atoms with van der Waals surface area (Å²) in [5.74, 6) is 0.920. The van der Waals surface area contributed by atoms with E-state index >= 15 is 0 Å². The number of hydrogen-bond acceptors (Lipinski definition) is 3. The van der Waals surface area contributed by atoms with Crippen molar-refractivity contribution in [3.05, 3.63) is 95.1 Å². The highest BCUT2D eigenvalue weighted by atomic mass is 32.2. The van der Waals surface area contributed by atoms with Crippen molar-refractivity contribution in [3.8, 4) is 0 Å². The van der Waals surface area contributed by atoms with E-state index in [1.165, 1.54) is 34.0 Å². The highest BCUT2D eigenvalue weighted by molar-refractivity contribution is 8.01. The first kappa shape index (κ1) is 19.6. The summed E-state index contributed by atoms with van der Waals surface area (Å²) in [6.45, 7) is 0.637. The summed E-state index contributed by atoms with van der Waals surface area (Å²) < 4.78 is 0. The number of amides is 2. The van der Waals surface area contributed by atoms with Gasteiger partial charge in [-0.05, 0) is 46.7 Å². The molecular formula is C27H24N2O2S. The SMILES string of the molecule is O=C(C[C@H]1Sc2ccccc2NC1=O)NC[C@H]1CC2c3ccccc3C1c1ccccc12. The highest BCUT2D eigenvalue weighted by Gasteiger charge is 2.43. The minimum absolute atomic E-state index is 0.0555. The van der Waals surface area contributed by atoms with Crippen LogP contribution in [0.2, 0.25) is 0 Å². The largest absolute Gasteiger partial charge is 0.356 e. The minimum atomic E-state index is -0.394. The van der Waals surface area contributed by atoms with E-state index in [-0.39, 0.29) is 18.2 Å². The van der Waals surface area contributed by atoms with Gasteiger partial charge in [0.25, 0.3) is 0 Å². The number of hydrogen-bond donors (Lipinski definition) is 2. The van der Waals surface area contributed by atoms with Gasteiger partial charge in [0.1, 0.15) is 0 Å². The Bertz CT molecular complexity index is 1180. The summed E-state index contributed by atoms with van der Waals surface area (Å²) in [6.07, 6.45) is 1.24. The van der Waals surface area contributed by atoms with E-state index in [2.05, 4.69) is 59.2 Å². The van der Waals surface area contributed by atoms with Crippen LogP contribution in [0.5, 0.6) is 0 Å². The quantitative estimate of drug-likeness (QED) is 0.607. The maximum atomic E-state index is 12.8. The van der Waals surface area contributed by atoms with Gasteiger partial charge < -0.3 is 10.6 Å². The smallest absolute Gasteiger partial charge is 0.238 e. The molecule has 3 aromatic carbocycles. The molecule has 4 nitrogen and oxygen atoms in total. The first-order chi connectivity index (χ1) is 15.7. The summed E-state index contributed by atoms with van der Waals surface area (Å²) in [4.78, 5) is 26.3. The molecule has 2 N–H and O–H groups in total. The maximum absolute atomic E-state index is 12.8. The Labute approximate surface area is 191 Å². The molecule has 160 valence electrons. The normalized spacial score (nSPS) is 24.7. The first-order valence-corrected chi connectivity index (χ1v) is 12.1. The van der Waals surface area contributed by atoms with Crippen LogP contribution in [0.1, 0.15) is 46.9 Å². The molecule has 1 heterocycles. The molecule has 2 atom stereocenters. The van der Waals surface area contributed by atoms with Gasteiger partial charge in [-0.15, -0.1) is 11.8 Å².